The number of hydrogen-bond donors (Lipinski definition) is 2. The third-order valence-electron chi connectivity index (χ3n) is 11.8. The van der Waals surface area contributed by atoms with Crippen molar-refractivity contribution < 1.29 is 10.2 Å². The van der Waals surface area contributed by atoms with Crippen molar-refractivity contribution in [2.45, 2.75) is 136 Å². The zero-order valence-corrected chi connectivity index (χ0v) is 33.1. The highest BCUT2D eigenvalue weighted by Crippen LogP contribution is 2.48. The molecule has 0 amide bonds. The lowest BCUT2D eigenvalue weighted by Crippen LogP contribution is -2.33. The fourth-order valence-corrected chi connectivity index (χ4v) is 8.08. The molecule has 0 fully saturated rings. The molecular weight excluding hydrogens is 621 g/mol. The number of benzene rings is 4. The molecule has 0 bridgehead atoms. The summed E-state index contributed by atoms with van der Waals surface area (Å²) in [4.78, 5) is 0. The molecule has 2 aliphatic rings. The molecule has 0 atom stereocenters. The van der Waals surface area contributed by atoms with Gasteiger partial charge in [0.15, 0.2) is 0 Å². The van der Waals surface area contributed by atoms with E-state index in [0.29, 0.717) is 11.5 Å². The molecule has 4 aromatic carbocycles. The summed E-state index contributed by atoms with van der Waals surface area (Å²) in [6.45, 7) is 23.4. The van der Waals surface area contributed by atoms with Crippen LogP contribution in [0.1, 0.15) is 159 Å². The molecule has 6 rings (SSSR count). The number of fused-ring (bicyclic) bond motifs is 2. The maximum Gasteiger partial charge on any atom is 0.115 e. The first-order chi connectivity index (χ1) is 24.0. The van der Waals surface area contributed by atoms with Crippen LogP contribution in [0.2, 0.25) is 0 Å². The van der Waals surface area contributed by atoms with Crippen LogP contribution >= 0.6 is 0 Å². The average molecular weight is 683 g/mol. The molecular formula is C49H62O2. The minimum absolute atomic E-state index is 0.233. The second-order valence-corrected chi connectivity index (χ2v) is 17.7. The Morgan fingerprint density at radius 3 is 1.22 bits per heavy atom. The van der Waals surface area contributed by atoms with Gasteiger partial charge in [0.25, 0.3) is 0 Å². The fraction of sp³-hybridized carbons (Fsp3) is 0.429. The Morgan fingerprint density at radius 2 is 0.843 bits per heavy atom. The predicted molar refractivity (Wildman–Crippen MR) is 221 cm³/mol. The van der Waals surface area contributed by atoms with Crippen LogP contribution in [0.15, 0.2) is 84.9 Å². The number of allylic oxidation sites excluding steroid dienone is 2. The topological polar surface area (TPSA) is 40.5 Å². The van der Waals surface area contributed by atoms with Crippen LogP contribution in [0.4, 0.5) is 0 Å². The molecule has 0 aromatic heterocycles. The first kappa shape index (κ1) is 38.2. The normalized spacial score (nSPS) is 18.5. The van der Waals surface area contributed by atoms with E-state index >= 15 is 0 Å². The number of phenols is 2. The predicted octanol–water partition coefficient (Wildman–Crippen LogP) is 13.8. The highest BCUT2D eigenvalue weighted by molar-refractivity contribution is 5.83. The van der Waals surface area contributed by atoms with Gasteiger partial charge in [-0.1, -0.05) is 148 Å². The van der Waals surface area contributed by atoms with Crippen LogP contribution in [0.5, 0.6) is 11.5 Å². The van der Waals surface area contributed by atoms with Crippen molar-refractivity contribution in [3.05, 3.63) is 129 Å². The molecule has 0 saturated heterocycles. The van der Waals surface area contributed by atoms with Gasteiger partial charge in [0.1, 0.15) is 11.5 Å². The molecule has 2 nitrogen and oxygen atoms in total. The van der Waals surface area contributed by atoms with Crippen molar-refractivity contribution in [1.82, 2.24) is 0 Å². The van der Waals surface area contributed by atoms with Gasteiger partial charge in [-0.05, 0) is 140 Å². The molecule has 0 unspecified atom stereocenters. The van der Waals surface area contributed by atoms with E-state index in [2.05, 4.69) is 118 Å². The number of rotatable bonds is 7. The molecule has 0 heterocycles. The number of phenolic OH excluding ortho intramolecular Hbond substituents is 2. The molecule has 0 radical (unpaired) electrons. The van der Waals surface area contributed by atoms with Gasteiger partial charge in [-0.2, -0.15) is 0 Å². The lowest BCUT2D eigenvalue weighted by Gasteiger charge is -2.42. The van der Waals surface area contributed by atoms with E-state index in [1.165, 1.54) is 70.2 Å². The molecule has 4 aromatic rings. The van der Waals surface area contributed by atoms with E-state index in [1.807, 2.05) is 24.3 Å². The van der Waals surface area contributed by atoms with E-state index in [9.17, 15) is 10.2 Å². The van der Waals surface area contributed by atoms with Crippen molar-refractivity contribution in [2.75, 3.05) is 0 Å². The third kappa shape index (κ3) is 8.71. The molecule has 51 heavy (non-hydrogen) atoms. The van der Waals surface area contributed by atoms with Crippen molar-refractivity contribution in [2.24, 2.45) is 0 Å². The SMILES string of the molecule is CCC(=Cc1ccc(O)cc1)c1ccc2c(c1)C(C)(C)CCC2(C)C.CCCC(=Cc1ccc(O)cc1)c1ccc2c(c1)C(C)(C)CCC2(C)C. The van der Waals surface area contributed by atoms with Crippen molar-refractivity contribution in [3.8, 4) is 11.5 Å². The first-order valence-electron chi connectivity index (χ1n) is 19.3. The standard InChI is InChI=1S/C25H32O.C24H30O/c1-6-7-19(16-18-8-11-21(26)12-9-18)20-10-13-22-23(17-20)25(4,5)15-14-24(22,2)3;1-6-18(15-17-7-10-20(25)11-8-17)19-9-12-21-22(16-19)24(4,5)14-13-23(21,2)3/h8-13,16-17,26H,6-7,14-15H2,1-5H3;7-12,15-16,25H,6,13-14H2,1-5H3. The lowest BCUT2D eigenvalue weighted by atomic mass is 9.63. The van der Waals surface area contributed by atoms with E-state index in [-0.39, 0.29) is 21.7 Å². The third-order valence-corrected chi connectivity index (χ3v) is 11.8. The van der Waals surface area contributed by atoms with Crippen LogP contribution < -0.4 is 0 Å². The highest BCUT2D eigenvalue weighted by atomic mass is 16.3. The second-order valence-electron chi connectivity index (χ2n) is 17.7. The zero-order valence-electron chi connectivity index (χ0n) is 33.1. The molecule has 270 valence electrons. The summed E-state index contributed by atoms with van der Waals surface area (Å²) < 4.78 is 0. The molecule has 2 heteroatoms. The largest absolute Gasteiger partial charge is 0.508 e. The summed E-state index contributed by atoms with van der Waals surface area (Å²) in [7, 11) is 0. The second kappa shape index (κ2) is 14.9. The van der Waals surface area contributed by atoms with Gasteiger partial charge in [0.2, 0.25) is 0 Å². The van der Waals surface area contributed by atoms with Gasteiger partial charge in [-0.25, -0.2) is 0 Å². The lowest BCUT2D eigenvalue weighted by molar-refractivity contribution is 0.332. The van der Waals surface area contributed by atoms with Gasteiger partial charge in [-0.3, -0.25) is 0 Å². The highest BCUT2D eigenvalue weighted by Gasteiger charge is 2.38. The van der Waals surface area contributed by atoms with Gasteiger partial charge in [0, 0.05) is 0 Å². The van der Waals surface area contributed by atoms with Crippen molar-refractivity contribution >= 4 is 23.3 Å². The Morgan fingerprint density at radius 1 is 0.490 bits per heavy atom. The van der Waals surface area contributed by atoms with Gasteiger partial charge < -0.3 is 10.2 Å². The zero-order chi connectivity index (χ0) is 37.2. The van der Waals surface area contributed by atoms with Crippen molar-refractivity contribution in [1.29, 1.82) is 0 Å². The Bertz CT molecular complexity index is 1880. The van der Waals surface area contributed by atoms with E-state index in [1.54, 1.807) is 24.3 Å². The quantitative estimate of drug-likeness (QED) is 0.191. The summed E-state index contributed by atoms with van der Waals surface area (Å²) in [6.07, 6.45) is 12.6. The molecule has 0 spiro atoms. The summed E-state index contributed by atoms with van der Waals surface area (Å²) in [5.74, 6) is 0.630. The summed E-state index contributed by atoms with van der Waals surface area (Å²) >= 11 is 0. The summed E-state index contributed by atoms with van der Waals surface area (Å²) in [5.41, 5.74) is 14.7. The molecule has 0 aliphatic heterocycles. The first-order valence-corrected chi connectivity index (χ1v) is 19.3. The maximum atomic E-state index is 9.53. The van der Waals surface area contributed by atoms with Gasteiger partial charge in [0.05, 0.1) is 0 Å². The number of hydrogen-bond acceptors (Lipinski definition) is 2. The Labute approximate surface area is 309 Å². The summed E-state index contributed by atoms with van der Waals surface area (Å²) in [5, 5.41) is 19.0. The van der Waals surface area contributed by atoms with Gasteiger partial charge in [-0.15, -0.1) is 0 Å². The van der Waals surface area contributed by atoms with Gasteiger partial charge >= 0.3 is 0 Å². The maximum absolute atomic E-state index is 9.53. The number of aromatic hydroxyl groups is 2. The molecule has 2 aliphatic carbocycles. The van der Waals surface area contributed by atoms with Crippen LogP contribution in [0.3, 0.4) is 0 Å². The Balaban J connectivity index is 0.000000198. The van der Waals surface area contributed by atoms with Crippen LogP contribution in [0.25, 0.3) is 23.3 Å². The van der Waals surface area contributed by atoms with Crippen LogP contribution in [0, 0.1) is 0 Å². The Kier molecular flexibility index (Phi) is 11.2. The van der Waals surface area contributed by atoms with Crippen molar-refractivity contribution in [3.63, 3.8) is 0 Å². The molecule has 2 N–H and O–H groups in total. The fourth-order valence-electron chi connectivity index (χ4n) is 8.08. The summed E-state index contributed by atoms with van der Waals surface area (Å²) in [6, 6.07) is 29.1. The van der Waals surface area contributed by atoms with E-state index < -0.39 is 0 Å². The minimum atomic E-state index is 0.233. The molecule has 0 saturated carbocycles. The monoisotopic (exact) mass is 682 g/mol. The minimum Gasteiger partial charge on any atom is -0.508 e. The van der Waals surface area contributed by atoms with Crippen LogP contribution in [-0.4, -0.2) is 10.2 Å². The van der Waals surface area contributed by atoms with E-state index in [0.717, 1.165) is 30.4 Å². The van der Waals surface area contributed by atoms with E-state index in [4.69, 9.17) is 0 Å². The average Bonchev–Trinajstić information content (AvgIpc) is 3.09. The van der Waals surface area contributed by atoms with Crippen LogP contribution in [-0.2, 0) is 21.7 Å². The Hall–Kier alpha value is -4.04. The smallest absolute Gasteiger partial charge is 0.115 e.